The number of aryl methyl sites for hydroxylation is 1. The van der Waals surface area contributed by atoms with Crippen molar-refractivity contribution in [2.75, 3.05) is 6.54 Å². The van der Waals surface area contributed by atoms with Crippen molar-refractivity contribution in [2.24, 2.45) is 0 Å². The highest BCUT2D eigenvalue weighted by molar-refractivity contribution is 7.71. The highest BCUT2D eigenvalue weighted by Crippen LogP contribution is 2.30. The first-order valence-corrected chi connectivity index (χ1v) is 9.41. The van der Waals surface area contributed by atoms with Gasteiger partial charge in [0.1, 0.15) is 0 Å². The molecule has 0 radical (unpaired) electrons. The lowest BCUT2D eigenvalue weighted by atomic mass is 10.1. The molecule has 0 aliphatic carbocycles. The quantitative estimate of drug-likeness (QED) is 0.694. The van der Waals surface area contributed by atoms with Crippen molar-refractivity contribution in [3.8, 4) is 11.3 Å². The Morgan fingerprint density at radius 2 is 2.08 bits per heavy atom. The molecule has 2 aromatic heterocycles. The minimum Gasteiger partial charge on any atom is -0.335 e. The smallest absolute Gasteiger partial charge is 0.256 e. The number of nitrogens with zero attached hydrogens (tertiary/aromatic N) is 2. The summed E-state index contributed by atoms with van der Waals surface area (Å²) in [5.74, 6) is 0. The van der Waals surface area contributed by atoms with Crippen LogP contribution in [0, 0.1) is 11.7 Å². The van der Waals surface area contributed by atoms with Crippen LogP contribution in [0.5, 0.6) is 0 Å². The number of aromatic nitrogens is 3. The third-order valence-electron chi connectivity index (χ3n) is 4.41. The van der Waals surface area contributed by atoms with Crippen LogP contribution in [0.4, 0.5) is 0 Å². The van der Waals surface area contributed by atoms with Crippen molar-refractivity contribution in [2.45, 2.75) is 26.4 Å². The second-order valence-corrected chi connectivity index (χ2v) is 7.89. The summed E-state index contributed by atoms with van der Waals surface area (Å²) < 4.78 is 0.404. The van der Waals surface area contributed by atoms with Crippen LogP contribution in [0.2, 0.25) is 0 Å². The Morgan fingerprint density at radius 3 is 2.88 bits per heavy atom. The fraction of sp³-hybridized carbons (Fsp3) is 0.278. The average Bonchev–Trinajstić information content (AvgIpc) is 2.96. The lowest BCUT2D eigenvalue weighted by Crippen LogP contribution is -2.35. The zero-order valence-electron chi connectivity index (χ0n) is 13.8. The normalized spacial score (nSPS) is 14.4. The van der Waals surface area contributed by atoms with Crippen LogP contribution in [0.1, 0.15) is 21.1 Å². The van der Waals surface area contributed by atoms with Gasteiger partial charge in [0, 0.05) is 42.2 Å². The van der Waals surface area contributed by atoms with E-state index in [9.17, 15) is 4.79 Å². The van der Waals surface area contributed by atoms with Crippen molar-refractivity contribution >= 4 is 23.6 Å². The van der Waals surface area contributed by atoms with Crippen molar-refractivity contribution in [1.82, 2.24) is 19.9 Å². The number of aromatic amines is 2. The minimum atomic E-state index is -0.0767. The summed E-state index contributed by atoms with van der Waals surface area (Å²) in [6, 6.07) is 10.3. The van der Waals surface area contributed by atoms with E-state index in [0.717, 1.165) is 47.0 Å². The van der Waals surface area contributed by atoms with Gasteiger partial charge >= 0.3 is 0 Å². The molecule has 7 heteroatoms. The standard InChI is InChI=1S/C18H18N4OS2/c1-11-19-16(12-5-3-2-4-6-12)15(25-11)10-22-8-7-14-13(9-22)17(23)21-18(24)20-14/h2-6H,7-10H2,1H3,(H2,20,21,23,24). The van der Waals surface area contributed by atoms with Crippen molar-refractivity contribution < 1.29 is 0 Å². The van der Waals surface area contributed by atoms with Crippen LogP contribution in [-0.2, 0) is 19.5 Å². The molecule has 0 fully saturated rings. The number of rotatable bonds is 3. The van der Waals surface area contributed by atoms with E-state index in [0.29, 0.717) is 11.3 Å². The van der Waals surface area contributed by atoms with Gasteiger partial charge in [0.05, 0.1) is 16.3 Å². The van der Waals surface area contributed by atoms with E-state index in [1.165, 1.54) is 4.88 Å². The molecule has 25 heavy (non-hydrogen) atoms. The summed E-state index contributed by atoms with van der Waals surface area (Å²) in [7, 11) is 0. The lowest BCUT2D eigenvalue weighted by molar-refractivity contribution is 0.244. The fourth-order valence-electron chi connectivity index (χ4n) is 3.25. The van der Waals surface area contributed by atoms with Gasteiger partial charge in [0.25, 0.3) is 5.56 Å². The Morgan fingerprint density at radius 1 is 1.28 bits per heavy atom. The summed E-state index contributed by atoms with van der Waals surface area (Å²) >= 11 is 6.79. The van der Waals surface area contributed by atoms with Crippen LogP contribution >= 0.6 is 23.6 Å². The molecule has 0 atom stereocenters. The third kappa shape index (κ3) is 3.35. The van der Waals surface area contributed by atoms with Gasteiger partial charge in [-0.25, -0.2) is 4.98 Å². The molecular weight excluding hydrogens is 352 g/mol. The molecule has 3 heterocycles. The first-order valence-electron chi connectivity index (χ1n) is 8.18. The first kappa shape index (κ1) is 16.4. The summed E-state index contributed by atoms with van der Waals surface area (Å²) in [6.07, 6.45) is 0.807. The molecule has 1 aliphatic rings. The van der Waals surface area contributed by atoms with Gasteiger partial charge < -0.3 is 4.98 Å². The van der Waals surface area contributed by atoms with Crippen LogP contribution in [0.3, 0.4) is 0 Å². The highest BCUT2D eigenvalue weighted by atomic mass is 32.1. The van der Waals surface area contributed by atoms with Crippen molar-refractivity contribution in [1.29, 1.82) is 0 Å². The Labute approximate surface area is 154 Å². The average molecular weight is 371 g/mol. The molecule has 0 unspecified atom stereocenters. The molecular formula is C18H18N4OS2. The molecule has 0 saturated heterocycles. The largest absolute Gasteiger partial charge is 0.335 e. The van der Waals surface area contributed by atoms with E-state index in [1.54, 1.807) is 11.3 Å². The van der Waals surface area contributed by atoms with Crippen molar-refractivity contribution in [3.05, 3.63) is 66.6 Å². The van der Waals surface area contributed by atoms with E-state index in [2.05, 4.69) is 27.0 Å². The molecule has 0 bridgehead atoms. The van der Waals surface area contributed by atoms with Gasteiger partial charge in [0.2, 0.25) is 0 Å². The van der Waals surface area contributed by atoms with E-state index >= 15 is 0 Å². The number of benzene rings is 1. The first-order chi connectivity index (χ1) is 12.1. The Kier molecular flexibility index (Phi) is 4.37. The SMILES string of the molecule is Cc1nc(-c2ccccc2)c(CN2CCc3[nH]c(=S)[nH]c(=O)c3C2)s1. The number of hydrogen-bond donors (Lipinski definition) is 2. The molecule has 1 aliphatic heterocycles. The van der Waals surface area contributed by atoms with Gasteiger partial charge in [-0.3, -0.25) is 14.7 Å². The number of thiazole rings is 1. The molecule has 4 rings (SSSR count). The minimum absolute atomic E-state index is 0.0767. The molecule has 128 valence electrons. The Balaban J connectivity index is 1.62. The predicted octanol–water partition coefficient (Wildman–Crippen LogP) is 3.42. The molecule has 3 aromatic rings. The number of H-pyrrole nitrogens is 2. The molecule has 2 N–H and O–H groups in total. The van der Waals surface area contributed by atoms with Gasteiger partial charge in [0.15, 0.2) is 4.77 Å². The number of hydrogen-bond acceptors (Lipinski definition) is 5. The zero-order chi connectivity index (χ0) is 17.4. The summed E-state index contributed by atoms with van der Waals surface area (Å²) in [5.41, 5.74) is 3.87. The monoisotopic (exact) mass is 370 g/mol. The Hall–Kier alpha value is -2.09. The maximum absolute atomic E-state index is 12.2. The summed E-state index contributed by atoms with van der Waals surface area (Å²) in [6.45, 7) is 4.36. The van der Waals surface area contributed by atoms with Crippen LogP contribution < -0.4 is 5.56 Å². The van der Waals surface area contributed by atoms with Crippen LogP contribution in [0.25, 0.3) is 11.3 Å². The zero-order valence-corrected chi connectivity index (χ0v) is 15.5. The van der Waals surface area contributed by atoms with Crippen molar-refractivity contribution in [3.63, 3.8) is 0 Å². The number of fused-ring (bicyclic) bond motifs is 1. The van der Waals surface area contributed by atoms with Gasteiger partial charge in [-0.1, -0.05) is 30.3 Å². The maximum Gasteiger partial charge on any atom is 0.256 e. The van der Waals surface area contributed by atoms with Gasteiger partial charge in [-0.05, 0) is 19.1 Å². The predicted molar refractivity (Wildman–Crippen MR) is 102 cm³/mol. The van der Waals surface area contributed by atoms with E-state index < -0.39 is 0 Å². The molecule has 5 nitrogen and oxygen atoms in total. The van der Waals surface area contributed by atoms with Crippen LogP contribution in [0.15, 0.2) is 35.1 Å². The third-order valence-corrected chi connectivity index (χ3v) is 5.57. The van der Waals surface area contributed by atoms with E-state index in [-0.39, 0.29) is 5.56 Å². The lowest BCUT2D eigenvalue weighted by Gasteiger charge is -2.27. The topological polar surface area (TPSA) is 64.8 Å². The fourth-order valence-corrected chi connectivity index (χ4v) is 4.47. The highest BCUT2D eigenvalue weighted by Gasteiger charge is 2.22. The van der Waals surface area contributed by atoms with E-state index in [1.807, 2.05) is 25.1 Å². The summed E-state index contributed by atoms with van der Waals surface area (Å²) in [4.78, 5) is 26.3. The van der Waals surface area contributed by atoms with Gasteiger partial charge in [-0.15, -0.1) is 11.3 Å². The van der Waals surface area contributed by atoms with Crippen LogP contribution in [-0.4, -0.2) is 26.4 Å². The summed E-state index contributed by atoms with van der Waals surface area (Å²) in [5, 5.41) is 1.06. The van der Waals surface area contributed by atoms with E-state index in [4.69, 9.17) is 17.2 Å². The Bertz CT molecular complexity index is 1020. The number of nitrogens with one attached hydrogen (secondary N) is 2. The molecule has 0 saturated carbocycles. The maximum atomic E-state index is 12.2. The second kappa shape index (κ2) is 6.67. The molecule has 1 aromatic carbocycles. The molecule has 0 spiro atoms. The second-order valence-electron chi connectivity index (χ2n) is 6.20. The molecule has 0 amide bonds. The van der Waals surface area contributed by atoms with Gasteiger partial charge in [-0.2, -0.15) is 0 Å².